The summed E-state index contributed by atoms with van der Waals surface area (Å²) in [4.78, 5) is 23.0. The number of anilines is 1. The van der Waals surface area contributed by atoms with E-state index in [1.54, 1.807) is 18.2 Å². The van der Waals surface area contributed by atoms with Gasteiger partial charge >= 0.3 is 11.9 Å². The van der Waals surface area contributed by atoms with E-state index in [9.17, 15) is 19.8 Å². The first-order valence-electron chi connectivity index (χ1n) is 8.49. The molecule has 0 heterocycles. The minimum Gasteiger partial charge on any atom is -0.493 e. The summed E-state index contributed by atoms with van der Waals surface area (Å²) in [5, 5.41) is 21.7. The third-order valence-electron chi connectivity index (χ3n) is 3.72. The maximum absolute atomic E-state index is 11.6. The predicted molar refractivity (Wildman–Crippen MR) is 93.0 cm³/mol. The first-order chi connectivity index (χ1) is 11.5. The molecule has 1 aromatic rings. The third kappa shape index (κ3) is 6.10. The van der Waals surface area contributed by atoms with Crippen LogP contribution >= 0.6 is 0 Å². The average molecular weight is 337 g/mol. The molecule has 0 aliphatic heterocycles. The van der Waals surface area contributed by atoms with E-state index in [0.717, 1.165) is 32.1 Å². The van der Waals surface area contributed by atoms with Crippen molar-refractivity contribution in [3.05, 3.63) is 23.8 Å². The predicted octanol–water partition coefficient (Wildman–Crippen LogP) is 4.01. The molecule has 0 saturated carbocycles. The highest BCUT2D eigenvalue weighted by atomic mass is 16.5. The molecule has 0 radical (unpaired) electrons. The molecule has 1 aromatic carbocycles. The minimum absolute atomic E-state index is 0.0169. The van der Waals surface area contributed by atoms with Gasteiger partial charge in [-0.2, -0.15) is 0 Å². The highest BCUT2D eigenvalue weighted by Gasteiger charge is 2.22. The molecule has 0 fully saturated rings. The van der Waals surface area contributed by atoms with Crippen molar-refractivity contribution in [1.82, 2.24) is 0 Å². The van der Waals surface area contributed by atoms with Crippen LogP contribution in [-0.2, 0) is 4.79 Å². The first kappa shape index (κ1) is 19.8. The summed E-state index contributed by atoms with van der Waals surface area (Å²) in [6.07, 6.45) is 4.97. The number of unbranched alkanes of at least 4 members (excludes halogenated alkanes) is 3. The molecule has 6 nitrogen and oxygen atoms in total. The molecule has 3 N–H and O–H groups in total. The van der Waals surface area contributed by atoms with Crippen molar-refractivity contribution in [2.45, 2.75) is 58.4 Å². The van der Waals surface area contributed by atoms with Gasteiger partial charge in [0.1, 0.15) is 17.4 Å². The fourth-order valence-corrected chi connectivity index (χ4v) is 2.38. The molecule has 0 saturated heterocycles. The summed E-state index contributed by atoms with van der Waals surface area (Å²) in [6, 6.07) is 4.02. The lowest BCUT2D eigenvalue weighted by Crippen LogP contribution is -2.30. The molecule has 0 aliphatic rings. The molecule has 0 amide bonds. The Morgan fingerprint density at radius 2 is 1.83 bits per heavy atom. The SMILES string of the molecule is CCCCCOc1cccc(NC(CCCC)C(=O)O)c1C(=O)O. The molecule has 134 valence electrons. The molecule has 0 spiro atoms. The number of rotatable bonds is 12. The number of ether oxygens (including phenoxy) is 1. The molecule has 1 atom stereocenters. The van der Waals surface area contributed by atoms with E-state index >= 15 is 0 Å². The second-order valence-electron chi connectivity index (χ2n) is 5.72. The zero-order chi connectivity index (χ0) is 17.9. The van der Waals surface area contributed by atoms with E-state index < -0.39 is 18.0 Å². The molecule has 0 aromatic heterocycles. The fourth-order valence-electron chi connectivity index (χ4n) is 2.38. The summed E-state index contributed by atoms with van der Waals surface area (Å²) < 4.78 is 5.60. The van der Waals surface area contributed by atoms with E-state index in [1.807, 2.05) is 6.92 Å². The van der Waals surface area contributed by atoms with Gasteiger partial charge in [-0.15, -0.1) is 0 Å². The standard InChI is InChI=1S/C18H27NO5/c1-3-5-7-12-24-15-11-8-10-13(16(15)18(22)23)19-14(17(20)21)9-6-4-2/h8,10-11,14,19H,3-7,9,12H2,1-2H3,(H,20,21)(H,22,23). The number of hydrogen-bond acceptors (Lipinski definition) is 4. The van der Waals surface area contributed by atoms with Crippen molar-refractivity contribution < 1.29 is 24.5 Å². The summed E-state index contributed by atoms with van der Waals surface area (Å²) >= 11 is 0. The number of nitrogens with one attached hydrogen (secondary N) is 1. The number of benzene rings is 1. The van der Waals surface area contributed by atoms with Crippen LogP contribution < -0.4 is 10.1 Å². The second kappa shape index (κ2) is 10.5. The van der Waals surface area contributed by atoms with E-state index in [-0.39, 0.29) is 17.0 Å². The Morgan fingerprint density at radius 3 is 2.42 bits per heavy atom. The Morgan fingerprint density at radius 1 is 1.12 bits per heavy atom. The fraction of sp³-hybridized carbons (Fsp3) is 0.556. The van der Waals surface area contributed by atoms with Gasteiger partial charge in [0.15, 0.2) is 0 Å². The quantitative estimate of drug-likeness (QED) is 0.499. The highest BCUT2D eigenvalue weighted by molar-refractivity contribution is 5.98. The number of aromatic carboxylic acids is 1. The minimum atomic E-state index is -1.14. The molecule has 0 aliphatic carbocycles. The van der Waals surface area contributed by atoms with Gasteiger partial charge in [-0.05, 0) is 25.0 Å². The average Bonchev–Trinajstić information content (AvgIpc) is 2.55. The summed E-state index contributed by atoms with van der Waals surface area (Å²) in [5.74, 6) is -1.86. The van der Waals surface area contributed by atoms with Gasteiger partial charge in [-0.3, -0.25) is 0 Å². The summed E-state index contributed by atoms with van der Waals surface area (Å²) in [6.45, 7) is 4.50. The van der Waals surface area contributed by atoms with Crippen LogP contribution in [-0.4, -0.2) is 34.8 Å². The van der Waals surface area contributed by atoms with Crippen LogP contribution in [0.2, 0.25) is 0 Å². The zero-order valence-corrected chi connectivity index (χ0v) is 14.4. The highest BCUT2D eigenvalue weighted by Crippen LogP contribution is 2.28. The van der Waals surface area contributed by atoms with Gasteiger partial charge in [0, 0.05) is 0 Å². The molecular formula is C18H27NO5. The lowest BCUT2D eigenvalue weighted by molar-refractivity contribution is -0.138. The van der Waals surface area contributed by atoms with Gasteiger partial charge in [0.25, 0.3) is 0 Å². The third-order valence-corrected chi connectivity index (χ3v) is 3.72. The van der Waals surface area contributed by atoms with Crippen molar-refractivity contribution in [2.75, 3.05) is 11.9 Å². The lowest BCUT2D eigenvalue weighted by Gasteiger charge is -2.19. The van der Waals surface area contributed by atoms with Gasteiger partial charge < -0.3 is 20.3 Å². The Labute approximate surface area is 142 Å². The smallest absolute Gasteiger partial charge is 0.341 e. The summed E-state index contributed by atoms with van der Waals surface area (Å²) in [7, 11) is 0. The van der Waals surface area contributed by atoms with Crippen LogP contribution in [0.25, 0.3) is 0 Å². The number of carboxylic acid groups (broad SMARTS) is 2. The Kier molecular flexibility index (Phi) is 8.68. The van der Waals surface area contributed by atoms with Crippen LogP contribution in [0.4, 0.5) is 5.69 Å². The maximum atomic E-state index is 11.6. The lowest BCUT2D eigenvalue weighted by atomic mass is 10.1. The number of carboxylic acids is 2. The van der Waals surface area contributed by atoms with Crippen molar-refractivity contribution in [2.24, 2.45) is 0 Å². The molecule has 24 heavy (non-hydrogen) atoms. The van der Waals surface area contributed by atoms with Gasteiger partial charge in [0.05, 0.1) is 12.3 Å². The van der Waals surface area contributed by atoms with Crippen molar-refractivity contribution >= 4 is 17.6 Å². The van der Waals surface area contributed by atoms with Crippen molar-refractivity contribution in [1.29, 1.82) is 0 Å². The van der Waals surface area contributed by atoms with E-state index in [1.165, 1.54) is 0 Å². The normalized spacial score (nSPS) is 11.8. The van der Waals surface area contributed by atoms with Crippen LogP contribution in [0, 0.1) is 0 Å². The molecule has 1 rings (SSSR count). The Bertz CT molecular complexity index is 544. The van der Waals surface area contributed by atoms with Crippen molar-refractivity contribution in [3.8, 4) is 5.75 Å². The molecule has 0 bridgehead atoms. The molecule has 1 unspecified atom stereocenters. The van der Waals surface area contributed by atoms with Crippen LogP contribution in [0.3, 0.4) is 0 Å². The van der Waals surface area contributed by atoms with Gasteiger partial charge in [-0.1, -0.05) is 45.6 Å². The topological polar surface area (TPSA) is 95.9 Å². The Balaban J connectivity index is 2.96. The van der Waals surface area contributed by atoms with E-state index in [2.05, 4.69) is 12.2 Å². The number of hydrogen-bond donors (Lipinski definition) is 3. The monoisotopic (exact) mass is 337 g/mol. The number of aliphatic carboxylic acids is 1. The van der Waals surface area contributed by atoms with Crippen molar-refractivity contribution in [3.63, 3.8) is 0 Å². The van der Waals surface area contributed by atoms with Crippen LogP contribution in [0.15, 0.2) is 18.2 Å². The first-order valence-corrected chi connectivity index (χ1v) is 8.49. The zero-order valence-electron chi connectivity index (χ0n) is 14.4. The Hall–Kier alpha value is -2.24. The van der Waals surface area contributed by atoms with E-state index in [4.69, 9.17) is 4.74 Å². The molecular weight excluding hydrogens is 310 g/mol. The van der Waals surface area contributed by atoms with Gasteiger partial charge in [-0.25, -0.2) is 9.59 Å². The largest absolute Gasteiger partial charge is 0.493 e. The van der Waals surface area contributed by atoms with Gasteiger partial charge in [0.2, 0.25) is 0 Å². The van der Waals surface area contributed by atoms with E-state index in [0.29, 0.717) is 13.0 Å². The van der Waals surface area contributed by atoms with Crippen LogP contribution in [0.5, 0.6) is 5.75 Å². The second-order valence-corrected chi connectivity index (χ2v) is 5.72. The molecule has 6 heteroatoms. The van der Waals surface area contributed by atoms with Crippen LogP contribution in [0.1, 0.15) is 62.7 Å². The maximum Gasteiger partial charge on any atom is 0.341 e. The number of carbonyl (C=O) groups is 2. The summed E-state index contributed by atoms with van der Waals surface area (Å²) in [5.41, 5.74) is 0.260.